The summed E-state index contributed by atoms with van der Waals surface area (Å²) in [5.41, 5.74) is 0. The van der Waals surface area contributed by atoms with Gasteiger partial charge in [-0.05, 0) is 26.4 Å². The van der Waals surface area contributed by atoms with Gasteiger partial charge in [0.05, 0.1) is 0 Å². The fourth-order valence-electron chi connectivity index (χ4n) is 0.941. The molecule has 0 saturated carbocycles. The minimum absolute atomic E-state index is 0.758. The van der Waals surface area contributed by atoms with E-state index in [1.54, 1.807) is 0 Å². The first-order valence-electron chi connectivity index (χ1n) is 4.23. The molecule has 0 atom stereocenters. The molecule has 0 spiro atoms. The van der Waals surface area contributed by atoms with Crippen molar-refractivity contribution < 1.29 is 4.79 Å². The number of nitrogens with one attached hydrogen (secondary N) is 2. The minimum Gasteiger partial charge on any atom is -0.359 e. The Hall–Kier alpha value is -0.570. The fourth-order valence-corrected chi connectivity index (χ4v) is 0.941. The molecule has 0 bridgehead atoms. The van der Waals surface area contributed by atoms with Gasteiger partial charge in [0.15, 0.2) is 0 Å². The van der Waals surface area contributed by atoms with Crippen molar-refractivity contribution in [3.05, 3.63) is 0 Å². The van der Waals surface area contributed by atoms with Crippen LogP contribution in [0, 0.1) is 0 Å². The standard InChI is InChI=1S/C8H18N2O/c1-9-6-4-2-3-5-7-10-8-11/h8-9H,2-7H2,1H3,(H,10,11). The van der Waals surface area contributed by atoms with Gasteiger partial charge in [0.25, 0.3) is 0 Å². The molecule has 0 aromatic carbocycles. The first kappa shape index (κ1) is 10.4. The van der Waals surface area contributed by atoms with Crippen LogP contribution in [0.15, 0.2) is 0 Å². The fraction of sp³-hybridized carbons (Fsp3) is 0.875. The number of amides is 1. The van der Waals surface area contributed by atoms with Crippen LogP contribution in [0.4, 0.5) is 0 Å². The number of unbranched alkanes of at least 4 members (excludes halogenated alkanes) is 3. The number of hydrogen-bond acceptors (Lipinski definition) is 2. The van der Waals surface area contributed by atoms with Gasteiger partial charge in [-0.25, -0.2) is 0 Å². The van der Waals surface area contributed by atoms with E-state index < -0.39 is 0 Å². The lowest BCUT2D eigenvalue weighted by Crippen LogP contribution is -2.12. The average molecular weight is 158 g/mol. The van der Waals surface area contributed by atoms with Gasteiger partial charge in [0.2, 0.25) is 6.41 Å². The van der Waals surface area contributed by atoms with Gasteiger partial charge >= 0.3 is 0 Å². The number of hydrogen-bond donors (Lipinski definition) is 2. The average Bonchev–Trinajstić information content (AvgIpc) is 2.03. The summed E-state index contributed by atoms with van der Waals surface area (Å²) < 4.78 is 0. The van der Waals surface area contributed by atoms with Gasteiger partial charge in [0, 0.05) is 6.54 Å². The summed E-state index contributed by atoms with van der Waals surface area (Å²) in [4.78, 5) is 9.82. The molecule has 3 nitrogen and oxygen atoms in total. The van der Waals surface area contributed by atoms with Crippen LogP contribution < -0.4 is 10.6 Å². The third-order valence-corrected chi connectivity index (χ3v) is 1.58. The SMILES string of the molecule is CNCCCCCCNC=O. The van der Waals surface area contributed by atoms with Gasteiger partial charge in [-0.1, -0.05) is 12.8 Å². The second-order valence-corrected chi connectivity index (χ2v) is 2.59. The zero-order valence-electron chi connectivity index (χ0n) is 7.23. The molecule has 0 rings (SSSR count). The Kier molecular flexibility index (Phi) is 8.94. The predicted molar refractivity (Wildman–Crippen MR) is 46.5 cm³/mol. The summed E-state index contributed by atoms with van der Waals surface area (Å²) in [7, 11) is 1.97. The van der Waals surface area contributed by atoms with Crippen LogP contribution in [0.25, 0.3) is 0 Å². The summed E-state index contributed by atoms with van der Waals surface area (Å²) in [6.07, 6.45) is 5.55. The molecule has 0 heterocycles. The van der Waals surface area contributed by atoms with Crippen molar-refractivity contribution in [1.82, 2.24) is 10.6 Å². The molecule has 66 valence electrons. The van der Waals surface area contributed by atoms with E-state index in [-0.39, 0.29) is 0 Å². The number of carbonyl (C=O) groups is 1. The summed E-state index contributed by atoms with van der Waals surface area (Å²) >= 11 is 0. The molecule has 0 radical (unpaired) electrons. The van der Waals surface area contributed by atoms with Crippen LogP contribution in [-0.4, -0.2) is 26.5 Å². The van der Waals surface area contributed by atoms with Gasteiger partial charge in [-0.15, -0.1) is 0 Å². The third-order valence-electron chi connectivity index (χ3n) is 1.58. The zero-order valence-corrected chi connectivity index (χ0v) is 7.23. The lowest BCUT2D eigenvalue weighted by atomic mass is 10.2. The first-order valence-corrected chi connectivity index (χ1v) is 4.23. The van der Waals surface area contributed by atoms with E-state index in [0.29, 0.717) is 0 Å². The predicted octanol–water partition coefficient (Wildman–Crippen LogP) is 0.512. The second kappa shape index (κ2) is 9.43. The van der Waals surface area contributed by atoms with Crippen LogP contribution >= 0.6 is 0 Å². The van der Waals surface area contributed by atoms with Crippen molar-refractivity contribution >= 4 is 6.41 Å². The Labute approximate surface area is 68.6 Å². The van der Waals surface area contributed by atoms with Gasteiger partial charge < -0.3 is 10.6 Å². The largest absolute Gasteiger partial charge is 0.359 e. The van der Waals surface area contributed by atoms with Crippen LogP contribution in [0.5, 0.6) is 0 Å². The molecule has 1 amide bonds. The highest BCUT2D eigenvalue weighted by atomic mass is 16.1. The normalized spacial score (nSPS) is 9.55. The van der Waals surface area contributed by atoms with Crippen LogP contribution in [0.2, 0.25) is 0 Å². The quantitative estimate of drug-likeness (QED) is 0.399. The second-order valence-electron chi connectivity index (χ2n) is 2.59. The highest BCUT2D eigenvalue weighted by molar-refractivity contribution is 5.45. The Morgan fingerprint density at radius 2 is 1.73 bits per heavy atom. The highest BCUT2D eigenvalue weighted by Crippen LogP contribution is 1.96. The Bertz CT molecular complexity index is 86.2. The van der Waals surface area contributed by atoms with E-state index in [9.17, 15) is 4.79 Å². The summed E-state index contributed by atoms with van der Waals surface area (Å²) in [5.74, 6) is 0. The molecular weight excluding hydrogens is 140 g/mol. The van der Waals surface area contributed by atoms with Crippen molar-refractivity contribution in [2.24, 2.45) is 0 Å². The van der Waals surface area contributed by atoms with Crippen LogP contribution in [-0.2, 0) is 4.79 Å². The molecule has 0 aliphatic rings. The zero-order chi connectivity index (χ0) is 8.36. The third kappa shape index (κ3) is 9.43. The van der Waals surface area contributed by atoms with E-state index in [2.05, 4.69) is 10.6 Å². The molecule has 0 unspecified atom stereocenters. The summed E-state index contributed by atoms with van der Waals surface area (Å²) in [5, 5.41) is 5.74. The Balaban J connectivity index is 2.74. The Morgan fingerprint density at radius 3 is 2.27 bits per heavy atom. The summed E-state index contributed by atoms with van der Waals surface area (Å²) in [6, 6.07) is 0. The lowest BCUT2D eigenvalue weighted by Gasteiger charge is -1.99. The number of carbonyl (C=O) groups excluding carboxylic acids is 1. The van der Waals surface area contributed by atoms with Gasteiger partial charge in [0.1, 0.15) is 0 Å². The molecule has 0 aromatic heterocycles. The highest BCUT2D eigenvalue weighted by Gasteiger charge is 1.87. The first-order chi connectivity index (χ1) is 5.41. The molecule has 2 N–H and O–H groups in total. The molecule has 11 heavy (non-hydrogen) atoms. The lowest BCUT2D eigenvalue weighted by molar-refractivity contribution is -0.109. The van der Waals surface area contributed by atoms with Crippen LogP contribution in [0.1, 0.15) is 25.7 Å². The monoisotopic (exact) mass is 158 g/mol. The smallest absolute Gasteiger partial charge is 0.207 e. The maximum absolute atomic E-state index is 9.82. The maximum Gasteiger partial charge on any atom is 0.207 e. The summed E-state index contributed by atoms with van der Waals surface area (Å²) in [6.45, 7) is 1.92. The Morgan fingerprint density at radius 1 is 1.09 bits per heavy atom. The van der Waals surface area contributed by atoms with E-state index in [1.165, 1.54) is 19.3 Å². The van der Waals surface area contributed by atoms with Crippen molar-refractivity contribution in [3.63, 3.8) is 0 Å². The van der Waals surface area contributed by atoms with Crippen molar-refractivity contribution in [2.45, 2.75) is 25.7 Å². The van der Waals surface area contributed by atoms with Crippen molar-refractivity contribution in [3.8, 4) is 0 Å². The minimum atomic E-state index is 0.758. The molecule has 0 aliphatic heterocycles. The van der Waals surface area contributed by atoms with E-state index in [4.69, 9.17) is 0 Å². The molecule has 0 aliphatic carbocycles. The molecule has 0 saturated heterocycles. The molecular formula is C8H18N2O. The maximum atomic E-state index is 9.82. The van der Waals surface area contributed by atoms with E-state index >= 15 is 0 Å². The van der Waals surface area contributed by atoms with E-state index in [1.807, 2.05) is 7.05 Å². The van der Waals surface area contributed by atoms with E-state index in [0.717, 1.165) is 25.9 Å². The number of rotatable bonds is 8. The van der Waals surface area contributed by atoms with Gasteiger partial charge in [-0.2, -0.15) is 0 Å². The topological polar surface area (TPSA) is 41.1 Å². The van der Waals surface area contributed by atoms with Crippen molar-refractivity contribution in [1.29, 1.82) is 0 Å². The van der Waals surface area contributed by atoms with Crippen LogP contribution in [0.3, 0.4) is 0 Å². The van der Waals surface area contributed by atoms with Crippen molar-refractivity contribution in [2.75, 3.05) is 20.1 Å². The molecule has 3 heteroatoms. The molecule has 0 fully saturated rings. The molecule has 0 aromatic rings. The van der Waals surface area contributed by atoms with Gasteiger partial charge in [-0.3, -0.25) is 4.79 Å².